The molecule has 0 radical (unpaired) electrons. The van der Waals surface area contributed by atoms with Gasteiger partial charge in [0.15, 0.2) is 0 Å². The number of tetrazole rings is 1. The highest BCUT2D eigenvalue weighted by Crippen LogP contribution is 2.22. The topological polar surface area (TPSA) is 121 Å². The Bertz CT molecular complexity index is 1090. The maximum Gasteiger partial charge on any atom is 0.255 e. The molecule has 0 bridgehead atoms. The molecule has 1 aliphatic rings. The molecular weight excluding hydrogens is 404 g/mol. The van der Waals surface area contributed by atoms with Crippen LogP contribution in [-0.2, 0) is 10.0 Å². The van der Waals surface area contributed by atoms with E-state index in [2.05, 4.69) is 25.9 Å². The summed E-state index contributed by atoms with van der Waals surface area (Å²) in [5, 5.41) is 16.5. The molecule has 1 aromatic heterocycles. The molecule has 2 heterocycles. The molecule has 2 aromatic carbocycles. The van der Waals surface area contributed by atoms with Crippen molar-refractivity contribution in [2.45, 2.75) is 30.6 Å². The minimum atomic E-state index is -3.51. The van der Waals surface area contributed by atoms with Crippen LogP contribution in [0.5, 0.6) is 0 Å². The van der Waals surface area contributed by atoms with E-state index in [0.717, 1.165) is 31.2 Å². The summed E-state index contributed by atoms with van der Waals surface area (Å²) in [4.78, 5) is 12.7. The molecule has 2 N–H and O–H groups in total. The molecule has 1 amide bonds. The third-order valence-corrected chi connectivity index (χ3v) is 6.98. The predicted molar refractivity (Wildman–Crippen MR) is 111 cm³/mol. The van der Waals surface area contributed by atoms with Crippen LogP contribution in [0.2, 0.25) is 0 Å². The third-order valence-electron chi connectivity index (χ3n) is 5.07. The number of H-pyrrole nitrogens is 1. The number of carbonyl (C=O) groups excluding carboxylic acids is 1. The number of aromatic amines is 1. The lowest BCUT2D eigenvalue weighted by Gasteiger charge is -2.20. The second-order valence-electron chi connectivity index (χ2n) is 7.11. The summed E-state index contributed by atoms with van der Waals surface area (Å²) in [6, 6.07) is 13.1. The van der Waals surface area contributed by atoms with Crippen molar-refractivity contribution in [3.63, 3.8) is 0 Å². The molecular formula is C20H22N6O3S. The van der Waals surface area contributed by atoms with Gasteiger partial charge >= 0.3 is 0 Å². The van der Waals surface area contributed by atoms with Crippen molar-refractivity contribution < 1.29 is 13.2 Å². The molecule has 0 atom stereocenters. The minimum Gasteiger partial charge on any atom is -0.322 e. The second-order valence-corrected chi connectivity index (χ2v) is 9.05. The molecule has 1 fully saturated rings. The van der Waals surface area contributed by atoms with Gasteiger partial charge < -0.3 is 5.32 Å². The zero-order valence-electron chi connectivity index (χ0n) is 16.3. The van der Waals surface area contributed by atoms with Gasteiger partial charge in [-0.3, -0.25) is 4.79 Å². The Labute approximate surface area is 174 Å². The van der Waals surface area contributed by atoms with Crippen molar-refractivity contribution in [3.8, 4) is 11.4 Å². The van der Waals surface area contributed by atoms with Gasteiger partial charge in [0.05, 0.1) is 4.90 Å². The van der Waals surface area contributed by atoms with Crippen LogP contribution in [0.1, 0.15) is 36.0 Å². The molecule has 0 saturated carbocycles. The quantitative estimate of drug-likeness (QED) is 0.647. The van der Waals surface area contributed by atoms with Crippen molar-refractivity contribution in [1.82, 2.24) is 24.9 Å². The molecule has 0 aliphatic carbocycles. The first-order chi connectivity index (χ1) is 14.5. The molecule has 9 nitrogen and oxygen atoms in total. The van der Waals surface area contributed by atoms with E-state index in [1.807, 2.05) is 0 Å². The molecule has 4 rings (SSSR count). The molecule has 0 unspecified atom stereocenters. The van der Waals surface area contributed by atoms with Crippen LogP contribution >= 0.6 is 0 Å². The van der Waals surface area contributed by atoms with E-state index in [9.17, 15) is 13.2 Å². The Morgan fingerprint density at radius 1 is 0.933 bits per heavy atom. The number of carbonyl (C=O) groups is 1. The van der Waals surface area contributed by atoms with Crippen LogP contribution in [0, 0.1) is 0 Å². The van der Waals surface area contributed by atoms with E-state index in [4.69, 9.17) is 0 Å². The van der Waals surface area contributed by atoms with Gasteiger partial charge in [0.25, 0.3) is 5.91 Å². The van der Waals surface area contributed by atoms with Crippen molar-refractivity contribution in [1.29, 1.82) is 0 Å². The number of benzene rings is 2. The number of amides is 1. The Balaban J connectivity index is 1.43. The minimum absolute atomic E-state index is 0.242. The van der Waals surface area contributed by atoms with Gasteiger partial charge in [0.2, 0.25) is 15.8 Å². The fourth-order valence-electron chi connectivity index (χ4n) is 3.40. The lowest BCUT2D eigenvalue weighted by Crippen LogP contribution is -2.31. The number of nitrogens with zero attached hydrogens (tertiary/aromatic N) is 4. The lowest BCUT2D eigenvalue weighted by atomic mass is 10.1. The Kier molecular flexibility index (Phi) is 5.86. The van der Waals surface area contributed by atoms with Crippen molar-refractivity contribution >= 4 is 21.6 Å². The smallest absolute Gasteiger partial charge is 0.255 e. The molecule has 1 saturated heterocycles. The number of sulfonamides is 1. The zero-order valence-corrected chi connectivity index (χ0v) is 17.1. The number of rotatable bonds is 5. The first-order valence-electron chi connectivity index (χ1n) is 9.79. The van der Waals surface area contributed by atoms with E-state index in [-0.39, 0.29) is 10.8 Å². The maximum absolute atomic E-state index is 12.8. The van der Waals surface area contributed by atoms with Crippen molar-refractivity contribution in [2.24, 2.45) is 0 Å². The molecule has 156 valence electrons. The first kappa shape index (κ1) is 20.2. The summed E-state index contributed by atoms with van der Waals surface area (Å²) in [6.45, 7) is 1.11. The fourth-order valence-corrected chi connectivity index (χ4v) is 4.92. The molecule has 3 aromatic rings. The van der Waals surface area contributed by atoms with E-state index < -0.39 is 10.0 Å². The van der Waals surface area contributed by atoms with E-state index in [0.29, 0.717) is 30.2 Å². The number of hydrogen-bond donors (Lipinski definition) is 2. The van der Waals surface area contributed by atoms with Crippen LogP contribution in [0.15, 0.2) is 53.4 Å². The standard InChI is InChI=1S/C20H22N6O3S/c27-20(16-7-5-15(6-8-16)19-22-24-25-23-19)21-17-9-11-18(12-10-17)30(28,29)26-13-3-1-2-4-14-26/h5-12H,1-4,13-14H2,(H,21,27)(H,22,23,24,25). The van der Waals surface area contributed by atoms with Gasteiger partial charge in [-0.25, -0.2) is 8.42 Å². The third kappa shape index (κ3) is 4.39. The van der Waals surface area contributed by atoms with Gasteiger partial charge in [-0.15, -0.1) is 10.2 Å². The molecule has 0 spiro atoms. The van der Waals surface area contributed by atoms with Crippen LogP contribution in [0.4, 0.5) is 5.69 Å². The Morgan fingerprint density at radius 3 is 2.20 bits per heavy atom. The van der Waals surface area contributed by atoms with Crippen LogP contribution < -0.4 is 5.32 Å². The fraction of sp³-hybridized carbons (Fsp3) is 0.300. The zero-order chi connectivity index (χ0) is 21.0. The summed E-state index contributed by atoms with van der Waals surface area (Å²) < 4.78 is 27.2. The summed E-state index contributed by atoms with van der Waals surface area (Å²) in [5.74, 6) is 0.154. The summed E-state index contributed by atoms with van der Waals surface area (Å²) in [5.41, 5.74) is 1.73. The average Bonchev–Trinajstić information content (AvgIpc) is 3.16. The Morgan fingerprint density at radius 2 is 1.60 bits per heavy atom. The van der Waals surface area contributed by atoms with Crippen LogP contribution in [0.25, 0.3) is 11.4 Å². The van der Waals surface area contributed by atoms with Gasteiger partial charge in [0, 0.05) is 29.9 Å². The normalized spacial score (nSPS) is 15.5. The number of aromatic nitrogens is 4. The Hall–Kier alpha value is -3.11. The highest BCUT2D eigenvalue weighted by molar-refractivity contribution is 7.89. The molecule has 10 heteroatoms. The van der Waals surface area contributed by atoms with E-state index >= 15 is 0 Å². The number of anilines is 1. The summed E-state index contributed by atoms with van der Waals surface area (Å²) >= 11 is 0. The SMILES string of the molecule is O=C(Nc1ccc(S(=O)(=O)N2CCCCCC2)cc1)c1ccc(-c2nn[nH]n2)cc1. The monoisotopic (exact) mass is 426 g/mol. The number of nitrogens with one attached hydrogen (secondary N) is 2. The first-order valence-corrected chi connectivity index (χ1v) is 11.2. The van der Waals surface area contributed by atoms with Gasteiger partial charge in [0.1, 0.15) is 0 Å². The largest absolute Gasteiger partial charge is 0.322 e. The van der Waals surface area contributed by atoms with Gasteiger partial charge in [-0.2, -0.15) is 9.52 Å². The highest BCUT2D eigenvalue weighted by atomic mass is 32.2. The highest BCUT2D eigenvalue weighted by Gasteiger charge is 2.25. The number of hydrogen-bond acceptors (Lipinski definition) is 6. The van der Waals surface area contributed by atoms with Gasteiger partial charge in [-0.05, 0) is 54.5 Å². The second kappa shape index (κ2) is 8.72. The average molecular weight is 427 g/mol. The van der Waals surface area contributed by atoms with Crippen LogP contribution in [0.3, 0.4) is 0 Å². The summed E-state index contributed by atoms with van der Waals surface area (Å²) in [6.07, 6.45) is 3.90. The van der Waals surface area contributed by atoms with Crippen molar-refractivity contribution in [2.75, 3.05) is 18.4 Å². The molecule has 30 heavy (non-hydrogen) atoms. The predicted octanol–water partition coefficient (Wildman–Crippen LogP) is 2.68. The van der Waals surface area contributed by atoms with Crippen LogP contribution in [-0.4, -0.2) is 52.3 Å². The summed E-state index contributed by atoms with van der Waals surface area (Å²) in [7, 11) is -3.51. The molecule has 1 aliphatic heterocycles. The lowest BCUT2D eigenvalue weighted by molar-refractivity contribution is 0.102. The van der Waals surface area contributed by atoms with E-state index in [1.165, 1.54) is 12.1 Å². The van der Waals surface area contributed by atoms with E-state index in [1.54, 1.807) is 40.7 Å². The van der Waals surface area contributed by atoms with Gasteiger partial charge in [-0.1, -0.05) is 25.0 Å². The maximum atomic E-state index is 12.8. The van der Waals surface area contributed by atoms with Crippen molar-refractivity contribution in [3.05, 3.63) is 54.1 Å².